The molecule has 0 amide bonds. The zero-order chi connectivity index (χ0) is 15.2. The van der Waals surface area contributed by atoms with E-state index in [9.17, 15) is 9.50 Å². The average molecular weight is 357 g/mol. The largest absolute Gasteiger partial charge is 0.392 e. The first-order valence-corrected chi connectivity index (χ1v) is 9.01. The van der Waals surface area contributed by atoms with Crippen LogP contribution in [0.1, 0.15) is 57.4 Å². The summed E-state index contributed by atoms with van der Waals surface area (Å²) in [5.74, 6) is 0.962. The highest BCUT2D eigenvalue weighted by Gasteiger charge is 2.26. The van der Waals surface area contributed by atoms with Crippen molar-refractivity contribution in [2.45, 2.75) is 64.4 Å². The molecule has 1 unspecified atom stereocenters. The van der Waals surface area contributed by atoms with Crippen molar-refractivity contribution >= 4 is 15.9 Å². The van der Waals surface area contributed by atoms with E-state index in [0.717, 1.165) is 23.2 Å². The van der Waals surface area contributed by atoms with Crippen LogP contribution in [0.3, 0.4) is 0 Å². The van der Waals surface area contributed by atoms with Gasteiger partial charge in [0.2, 0.25) is 0 Å². The Labute approximate surface area is 136 Å². The maximum absolute atomic E-state index is 13.8. The van der Waals surface area contributed by atoms with Crippen molar-refractivity contribution in [2.24, 2.45) is 11.8 Å². The molecule has 1 aromatic carbocycles. The van der Waals surface area contributed by atoms with Crippen LogP contribution in [0.25, 0.3) is 0 Å². The second-order valence-electron chi connectivity index (χ2n) is 6.43. The molecule has 0 spiro atoms. The predicted molar refractivity (Wildman–Crippen MR) is 88.8 cm³/mol. The number of halogens is 2. The Hall–Kier alpha value is -0.410. The molecule has 1 fully saturated rings. The summed E-state index contributed by atoms with van der Waals surface area (Å²) in [6.07, 6.45) is 8.58. The standard InChI is InChI=1S/C18H26BrFO/c1-2-3-4-13-5-7-14(8-6-13)18(21)11-15-9-10-16(19)12-17(15)20/h9-10,12-14,18,21H,2-8,11H2,1H3. The molecule has 2 rings (SSSR count). The first kappa shape index (κ1) is 17.0. The molecule has 0 heterocycles. The Morgan fingerprint density at radius 2 is 2.00 bits per heavy atom. The van der Waals surface area contributed by atoms with Gasteiger partial charge >= 0.3 is 0 Å². The van der Waals surface area contributed by atoms with Gasteiger partial charge in [0.25, 0.3) is 0 Å². The van der Waals surface area contributed by atoms with Crippen molar-refractivity contribution in [3.63, 3.8) is 0 Å². The highest BCUT2D eigenvalue weighted by Crippen LogP contribution is 2.34. The van der Waals surface area contributed by atoms with Gasteiger partial charge in [-0.25, -0.2) is 4.39 Å². The van der Waals surface area contributed by atoms with Gasteiger partial charge in [-0.05, 0) is 42.4 Å². The Morgan fingerprint density at radius 1 is 1.29 bits per heavy atom. The summed E-state index contributed by atoms with van der Waals surface area (Å²) in [4.78, 5) is 0. The van der Waals surface area contributed by atoms with Crippen molar-refractivity contribution < 1.29 is 9.50 Å². The maximum Gasteiger partial charge on any atom is 0.127 e. The summed E-state index contributed by atoms with van der Waals surface area (Å²) >= 11 is 3.26. The minimum Gasteiger partial charge on any atom is -0.392 e. The fourth-order valence-corrected chi connectivity index (χ4v) is 3.77. The average Bonchev–Trinajstić information content (AvgIpc) is 2.48. The van der Waals surface area contributed by atoms with E-state index in [2.05, 4.69) is 22.9 Å². The topological polar surface area (TPSA) is 20.2 Å². The molecule has 1 nitrogen and oxygen atoms in total. The van der Waals surface area contributed by atoms with E-state index in [0.29, 0.717) is 17.9 Å². The normalized spacial score (nSPS) is 24.0. The quantitative estimate of drug-likeness (QED) is 0.714. The predicted octanol–water partition coefficient (Wildman–Crippen LogP) is 5.49. The van der Waals surface area contributed by atoms with Crippen molar-refractivity contribution in [3.8, 4) is 0 Å². The molecule has 0 aromatic heterocycles. The summed E-state index contributed by atoms with van der Waals surface area (Å²) in [6.45, 7) is 2.24. The number of rotatable bonds is 6. The SMILES string of the molecule is CCCCC1CCC(C(O)Cc2ccc(Br)cc2F)CC1. The van der Waals surface area contributed by atoms with Gasteiger partial charge in [-0.15, -0.1) is 0 Å². The number of aliphatic hydroxyl groups is 1. The van der Waals surface area contributed by atoms with Crippen LogP contribution in [0.15, 0.2) is 22.7 Å². The molecule has 0 bridgehead atoms. The van der Waals surface area contributed by atoms with Gasteiger partial charge in [-0.3, -0.25) is 0 Å². The number of hydrogen-bond acceptors (Lipinski definition) is 1. The Balaban J connectivity index is 1.83. The molecule has 1 N–H and O–H groups in total. The van der Waals surface area contributed by atoms with Crippen LogP contribution in [0.2, 0.25) is 0 Å². The van der Waals surface area contributed by atoms with E-state index in [1.54, 1.807) is 6.07 Å². The lowest BCUT2D eigenvalue weighted by Crippen LogP contribution is -2.27. The highest BCUT2D eigenvalue weighted by atomic mass is 79.9. The lowest BCUT2D eigenvalue weighted by molar-refractivity contribution is 0.0719. The van der Waals surface area contributed by atoms with Crippen LogP contribution in [0, 0.1) is 17.7 Å². The molecule has 1 aliphatic rings. The molecule has 0 saturated heterocycles. The van der Waals surface area contributed by atoms with Crippen LogP contribution >= 0.6 is 15.9 Å². The summed E-state index contributed by atoms with van der Waals surface area (Å²) in [5, 5.41) is 10.4. The van der Waals surface area contributed by atoms with Crippen molar-refractivity contribution in [1.29, 1.82) is 0 Å². The lowest BCUT2D eigenvalue weighted by Gasteiger charge is -2.31. The van der Waals surface area contributed by atoms with Gasteiger partial charge in [-0.2, -0.15) is 0 Å². The van der Waals surface area contributed by atoms with Crippen LogP contribution in [-0.4, -0.2) is 11.2 Å². The Bertz CT molecular complexity index is 441. The second kappa shape index (κ2) is 8.28. The molecule has 1 aromatic rings. The van der Waals surface area contributed by atoms with Gasteiger partial charge in [0.05, 0.1) is 6.10 Å². The second-order valence-corrected chi connectivity index (χ2v) is 7.35. The third-order valence-corrected chi connectivity index (χ3v) is 5.34. The van der Waals surface area contributed by atoms with E-state index < -0.39 is 6.10 Å². The molecular formula is C18H26BrFO. The van der Waals surface area contributed by atoms with E-state index in [1.165, 1.54) is 38.2 Å². The van der Waals surface area contributed by atoms with Crippen molar-refractivity contribution in [3.05, 3.63) is 34.1 Å². The molecule has 118 valence electrons. The molecule has 1 aliphatic carbocycles. The van der Waals surface area contributed by atoms with Gasteiger partial charge < -0.3 is 5.11 Å². The molecule has 0 aliphatic heterocycles. The zero-order valence-electron chi connectivity index (χ0n) is 12.8. The molecule has 1 saturated carbocycles. The number of benzene rings is 1. The maximum atomic E-state index is 13.8. The summed E-state index contributed by atoms with van der Waals surface area (Å²) in [5.41, 5.74) is 0.624. The van der Waals surface area contributed by atoms with Gasteiger partial charge in [0.1, 0.15) is 5.82 Å². The Morgan fingerprint density at radius 3 is 2.62 bits per heavy atom. The first-order valence-electron chi connectivity index (χ1n) is 8.22. The summed E-state index contributed by atoms with van der Waals surface area (Å²) < 4.78 is 14.6. The fraction of sp³-hybridized carbons (Fsp3) is 0.667. The highest BCUT2D eigenvalue weighted by molar-refractivity contribution is 9.10. The van der Waals surface area contributed by atoms with E-state index in [1.807, 2.05) is 6.07 Å². The molecular weight excluding hydrogens is 331 g/mol. The fourth-order valence-electron chi connectivity index (χ4n) is 3.43. The van der Waals surface area contributed by atoms with Crippen molar-refractivity contribution in [2.75, 3.05) is 0 Å². The zero-order valence-corrected chi connectivity index (χ0v) is 14.4. The third-order valence-electron chi connectivity index (χ3n) is 4.85. The number of hydrogen-bond donors (Lipinski definition) is 1. The number of unbranched alkanes of at least 4 members (excludes halogenated alkanes) is 1. The van der Waals surface area contributed by atoms with Crippen LogP contribution in [0.4, 0.5) is 4.39 Å². The summed E-state index contributed by atoms with van der Waals surface area (Å²) in [7, 11) is 0. The van der Waals surface area contributed by atoms with Crippen LogP contribution in [0.5, 0.6) is 0 Å². The van der Waals surface area contributed by atoms with Gasteiger partial charge in [0, 0.05) is 10.9 Å². The van der Waals surface area contributed by atoms with E-state index >= 15 is 0 Å². The monoisotopic (exact) mass is 356 g/mol. The van der Waals surface area contributed by atoms with Crippen molar-refractivity contribution in [1.82, 2.24) is 0 Å². The van der Waals surface area contributed by atoms with Gasteiger partial charge in [0.15, 0.2) is 0 Å². The third kappa shape index (κ3) is 5.07. The smallest absolute Gasteiger partial charge is 0.127 e. The lowest BCUT2D eigenvalue weighted by atomic mass is 9.76. The minimum absolute atomic E-state index is 0.222. The molecule has 0 radical (unpaired) electrons. The summed E-state index contributed by atoms with van der Waals surface area (Å²) in [6, 6.07) is 5.09. The minimum atomic E-state index is -0.409. The van der Waals surface area contributed by atoms with Crippen LogP contribution in [-0.2, 0) is 6.42 Å². The first-order chi connectivity index (χ1) is 10.1. The van der Waals surface area contributed by atoms with E-state index in [-0.39, 0.29) is 5.82 Å². The van der Waals surface area contributed by atoms with Gasteiger partial charge in [-0.1, -0.05) is 61.0 Å². The molecule has 1 atom stereocenters. The molecule has 3 heteroatoms. The number of aliphatic hydroxyl groups excluding tert-OH is 1. The Kier molecular flexibility index (Phi) is 6.69. The van der Waals surface area contributed by atoms with Crippen LogP contribution < -0.4 is 0 Å². The molecule has 21 heavy (non-hydrogen) atoms. The van der Waals surface area contributed by atoms with E-state index in [4.69, 9.17) is 0 Å².